The van der Waals surface area contributed by atoms with E-state index in [-0.39, 0.29) is 25.5 Å². The van der Waals surface area contributed by atoms with Crippen LogP contribution in [0, 0.1) is 11.6 Å². The van der Waals surface area contributed by atoms with E-state index in [2.05, 4.69) is 5.32 Å². The molecule has 0 heterocycles. The van der Waals surface area contributed by atoms with E-state index in [1.165, 1.54) is 25.3 Å². The Bertz CT molecular complexity index is 1020. The molecule has 0 radical (unpaired) electrons. The minimum atomic E-state index is -1.00. The van der Waals surface area contributed by atoms with Crippen LogP contribution in [0.4, 0.5) is 19.3 Å². The molecule has 1 amide bonds. The molecular weight excluding hydrogens is 464 g/mol. The zero-order chi connectivity index (χ0) is 25.6. The predicted molar refractivity (Wildman–Crippen MR) is 124 cm³/mol. The number of nitrogens with one attached hydrogen (secondary N) is 1. The summed E-state index contributed by atoms with van der Waals surface area (Å²) in [6.07, 6.45) is 2.94. The number of carbonyl (C=O) groups is 2. The first-order chi connectivity index (χ1) is 16.9. The SMILES string of the molecule is CCOC(=O)/C=C/C=C/[C@@H](OC)[C@H](OC(=O)Nc1ccc(F)cc1F)c1ccc(OCCO)cc1. The number of amides is 1. The Morgan fingerprint density at radius 3 is 2.49 bits per heavy atom. The summed E-state index contributed by atoms with van der Waals surface area (Å²) in [6.45, 7) is 1.89. The van der Waals surface area contributed by atoms with Crippen LogP contribution in [0.5, 0.6) is 5.75 Å². The molecule has 2 rings (SSSR count). The normalized spacial score (nSPS) is 12.9. The van der Waals surface area contributed by atoms with E-state index >= 15 is 0 Å². The molecule has 0 spiro atoms. The topological polar surface area (TPSA) is 103 Å². The Hall–Kier alpha value is -3.76. The lowest BCUT2D eigenvalue weighted by atomic mass is 10.0. The number of esters is 1. The van der Waals surface area contributed by atoms with E-state index in [1.807, 2.05) is 0 Å². The van der Waals surface area contributed by atoms with Crippen molar-refractivity contribution < 1.29 is 42.4 Å². The first-order valence-electron chi connectivity index (χ1n) is 10.7. The Balaban J connectivity index is 2.24. The zero-order valence-corrected chi connectivity index (χ0v) is 19.3. The van der Waals surface area contributed by atoms with Crippen LogP contribution in [-0.2, 0) is 19.0 Å². The first kappa shape index (κ1) is 27.5. The molecule has 35 heavy (non-hydrogen) atoms. The quantitative estimate of drug-likeness (QED) is 0.259. The highest BCUT2D eigenvalue weighted by Gasteiger charge is 2.26. The summed E-state index contributed by atoms with van der Waals surface area (Å²) in [5, 5.41) is 11.1. The summed E-state index contributed by atoms with van der Waals surface area (Å²) in [5.74, 6) is -1.78. The number of carbonyl (C=O) groups excluding carboxylic acids is 2. The van der Waals surface area contributed by atoms with Gasteiger partial charge in [-0.15, -0.1) is 0 Å². The molecule has 188 valence electrons. The van der Waals surface area contributed by atoms with Crippen LogP contribution in [0.1, 0.15) is 18.6 Å². The Morgan fingerprint density at radius 2 is 1.86 bits per heavy atom. The van der Waals surface area contributed by atoms with Gasteiger partial charge in [-0.05, 0) is 36.8 Å². The highest BCUT2D eigenvalue weighted by atomic mass is 19.1. The van der Waals surface area contributed by atoms with E-state index in [1.54, 1.807) is 37.3 Å². The maximum Gasteiger partial charge on any atom is 0.412 e. The van der Waals surface area contributed by atoms with Crippen molar-refractivity contribution in [1.29, 1.82) is 0 Å². The van der Waals surface area contributed by atoms with E-state index in [4.69, 9.17) is 24.1 Å². The standard InChI is InChI=1S/C25H27F2NO7/c1-3-33-23(30)7-5-4-6-22(32-2)24(17-8-11-19(12-9-17)34-15-14-29)35-25(31)28-21-13-10-18(26)16-20(21)27/h4-13,16,22,24,29H,3,14-15H2,1-2H3,(H,28,31)/b6-4+,7-5+/t22-,24-/m1/s1. The van der Waals surface area contributed by atoms with Crippen LogP contribution >= 0.6 is 0 Å². The van der Waals surface area contributed by atoms with Gasteiger partial charge in [0.15, 0.2) is 6.10 Å². The lowest BCUT2D eigenvalue weighted by molar-refractivity contribution is -0.137. The van der Waals surface area contributed by atoms with Gasteiger partial charge in [0.1, 0.15) is 30.1 Å². The highest BCUT2D eigenvalue weighted by molar-refractivity contribution is 5.85. The number of allylic oxidation sites excluding steroid dienone is 2. The van der Waals surface area contributed by atoms with Crippen molar-refractivity contribution in [3.05, 3.63) is 84.0 Å². The maximum atomic E-state index is 13.9. The summed E-state index contributed by atoms with van der Waals surface area (Å²) in [5.41, 5.74) is 0.256. The van der Waals surface area contributed by atoms with Crippen molar-refractivity contribution in [2.24, 2.45) is 0 Å². The second kappa shape index (κ2) is 14.5. The number of hydrogen-bond donors (Lipinski definition) is 2. The van der Waals surface area contributed by atoms with Crippen LogP contribution < -0.4 is 10.1 Å². The molecule has 0 fully saturated rings. The summed E-state index contributed by atoms with van der Waals surface area (Å²) < 4.78 is 48.3. The number of aliphatic hydroxyl groups is 1. The van der Waals surface area contributed by atoms with Gasteiger partial charge >= 0.3 is 12.1 Å². The number of halogens is 2. The largest absolute Gasteiger partial charge is 0.491 e. The van der Waals surface area contributed by atoms with Crippen molar-refractivity contribution in [1.82, 2.24) is 0 Å². The fraction of sp³-hybridized carbons (Fsp3) is 0.280. The molecule has 2 N–H and O–H groups in total. The maximum absolute atomic E-state index is 13.9. The smallest absolute Gasteiger partial charge is 0.412 e. The molecule has 0 aliphatic rings. The lowest BCUT2D eigenvalue weighted by Crippen LogP contribution is -2.27. The lowest BCUT2D eigenvalue weighted by Gasteiger charge is -2.24. The molecule has 0 aliphatic heterocycles. The summed E-state index contributed by atoms with van der Waals surface area (Å²) in [6, 6.07) is 9.22. The Kier molecular flexibility index (Phi) is 11.4. The number of anilines is 1. The van der Waals surface area contributed by atoms with E-state index in [9.17, 15) is 18.4 Å². The van der Waals surface area contributed by atoms with Gasteiger partial charge in [-0.1, -0.05) is 30.4 Å². The molecule has 2 atom stereocenters. The van der Waals surface area contributed by atoms with Crippen LogP contribution in [0.15, 0.2) is 66.8 Å². The molecule has 0 saturated carbocycles. The van der Waals surface area contributed by atoms with Gasteiger partial charge in [-0.3, -0.25) is 5.32 Å². The van der Waals surface area contributed by atoms with Gasteiger partial charge in [0.2, 0.25) is 0 Å². The van der Waals surface area contributed by atoms with Gasteiger partial charge in [-0.25, -0.2) is 18.4 Å². The molecule has 2 aromatic carbocycles. The van der Waals surface area contributed by atoms with Crippen molar-refractivity contribution >= 4 is 17.7 Å². The molecule has 0 aliphatic carbocycles. The highest BCUT2D eigenvalue weighted by Crippen LogP contribution is 2.27. The van der Waals surface area contributed by atoms with Crippen LogP contribution in [-0.4, -0.2) is 50.2 Å². The predicted octanol–water partition coefficient (Wildman–Crippen LogP) is 4.32. The van der Waals surface area contributed by atoms with E-state index in [0.717, 1.165) is 12.1 Å². The fourth-order valence-electron chi connectivity index (χ4n) is 2.89. The zero-order valence-electron chi connectivity index (χ0n) is 19.3. The molecule has 2 aromatic rings. The average Bonchev–Trinajstić information content (AvgIpc) is 2.84. The number of ether oxygens (including phenoxy) is 4. The number of hydrogen-bond acceptors (Lipinski definition) is 7. The second-order valence-corrected chi connectivity index (χ2v) is 6.91. The second-order valence-electron chi connectivity index (χ2n) is 6.91. The molecular formula is C25H27F2NO7. The third kappa shape index (κ3) is 9.19. The molecule has 0 bridgehead atoms. The van der Waals surface area contributed by atoms with Gasteiger partial charge in [-0.2, -0.15) is 0 Å². The Labute approximate surface area is 201 Å². The fourth-order valence-corrected chi connectivity index (χ4v) is 2.89. The minimum absolute atomic E-state index is 0.112. The number of aliphatic hydroxyl groups excluding tert-OH is 1. The number of methoxy groups -OCH3 is 1. The van der Waals surface area contributed by atoms with E-state index in [0.29, 0.717) is 17.4 Å². The first-order valence-corrected chi connectivity index (χ1v) is 10.7. The summed E-state index contributed by atoms with van der Waals surface area (Å²) in [4.78, 5) is 24.0. The third-order valence-electron chi connectivity index (χ3n) is 4.47. The number of rotatable bonds is 12. The molecule has 10 heteroatoms. The van der Waals surface area contributed by atoms with Crippen LogP contribution in [0.25, 0.3) is 0 Å². The van der Waals surface area contributed by atoms with Gasteiger partial charge in [0, 0.05) is 19.3 Å². The van der Waals surface area contributed by atoms with Crippen molar-refractivity contribution in [2.45, 2.75) is 19.1 Å². The monoisotopic (exact) mass is 491 g/mol. The van der Waals surface area contributed by atoms with Crippen LogP contribution in [0.3, 0.4) is 0 Å². The van der Waals surface area contributed by atoms with Gasteiger partial charge < -0.3 is 24.1 Å². The third-order valence-corrected chi connectivity index (χ3v) is 4.47. The average molecular weight is 491 g/mol. The summed E-state index contributed by atoms with van der Waals surface area (Å²) in [7, 11) is 1.40. The van der Waals surface area contributed by atoms with Crippen LogP contribution in [0.2, 0.25) is 0 Å². The molecule has 8 nitrogen and oxygen atoms in total. The van der Waals surface area contributed by atoms with Crippen molar-refractivity contribution in [3.63, 3.8) is 0 Å². The molecule has 0 unspecified atom stereocenters. The summed E-state index contributed by atoms with van der Waals surface area (Å²) >= 11 is 0. The van der Waals surface area contributed by atoms with Gasteiger partial charge in [0.05, 0.1) is 18.9 Å². The Morgan fingerprint density at radius 1 is 1.11 bits per heavy atom. The van der Waals surface area contributed by atoms with Gasteiger partial charge in [0.25, 0.3) is 0 Å². The molecule has 0 saturated heterocycles. The minimum Gasteiger partial charge on any atom is -0.491 e. The molecule has 0 aromatic heterocycles. The van der Waals surface area contributed by atoms with Crippen molar-refractivity contribution in [2.75, 3.05) is 32.2 Å². The van der Waals surface area contributed by atoms with E-state index < -0.39 is 35.9 Å². The van der Waals surface area contributed by atoms with Crippen molar-refractivity contribution in [3.8, 4) is 5.75 Å². The number of benzene rings is 2.